The summed E-state index contributed by atoms with van der Waals surface area (Å²) in [6.45, 7) is 4.08. The summed E-state index contributed by atoms with van der Waals surface area (Å²) >= 11 is 3.39. The lowest BCUT2D eigenvalue weighted by Crippen LogP contribution is -2.53. The second-order valence-electron chi connectivity index (χ2n) is 4.63. The standard InChI is InChI=1S/C12H16BrN5O.BrH/c1-12(2)17-10(14)16-11(15)18(12)19-7-8-3-5-9(13)6-4-8;/h3-6H,7H2,1-2H3,(H4,14,15,16,17);1H. The normalized spacial score (nSPS) is 17.1. The minimum Gasteiger partial charge on any atom is -0.368 e. The summed E-state index contributed by atoms with van der Waals surface area (Å²) < 4.78 is 1.02. The van der Waals surface area contributed by atoms with Crippen LogP contribution in [0.5, 0.6) is 0 Å². The number of benzene rings is 1. The summed E-state index contributed by atoms with van der Waals surface area (Å²) in [6.07, 6.45) is 0. The summed E-state index contributed by atoms with van der Waals surface area (Å²) in [6, 6.07) is 7.83. The second kappa shape index (κ2) is 6.55. The first-order chi connectivity index (χ1) is 8.88. The second-order valence-corrected chi connectivity index (χ2v) is 5.54. The highest BCUT2D eigenvalue weighted by molar-refractivity contribution is 9.10. The minimum absolute atomic E-state index is 0. The van der Waals surface area contributed by atoms with Crippen LogP contribution in [0.1, 0.15) is 19.4 Å². The fraction of sp³-hybridized carbons (Fsp3) is 0.333. The molecule has 0 atom stereocenters. The van der Waals surface area contributed by atoms with E-state index in [9.17, 15) is 0 Å². The van der Waals surface area contributed by atoms with E-state index in [1.54, 1.807) is 0 Å². The Hall–Kier alpha value is -1.12. The van der Waals surface area contributed by atoms with Gasteiger partial charge in [-0.1, -0.05) is 28.1 Å². The zero-order valence-electron chi connectivity index (χ0n) is 11.2. The van der Waals surface area contributed by atoms with Crippen LogP contribution in [0, 0.1) is 0 Å². The molecule has 1 aromatic carbocycles. The lowest BCUT2D eigenvalue weighted by atomic mass is 10.2. The van der Waals surface area contributed by atoms with Gasteiger partial charge in [-0.2, -0.15) is 10.1 Å². The molecule has 2 rings (SSSR count). The number of hydrogen-bond donors (Lipinski definition) is 2. The molecule has 4 N–H and O–H groups in total. The van der Waals surface area contributed by atoms with Gasteiger partial charge in [0.15, 0.2) is 5.66 Å². The van der Waals surface area contributed by atoms with Crippen LogP contribution in [0.15, 0.2) is 38.7 Å². The van der Waals surface area contributed by atoms with E-state index in [4.69, 9.17) is 16.3 Å². The summed E-state index contributed by atoms with van der Waals surface area (Å²) in [5, 5.41) is 1.46. The number of nitrogens with zero attached hydrogens (tertiary/aromatic N) is 3. The third-order valence-electron chi connectivity index (χ3n) is 2.60. The first kappa shape index (κ1) is 16.9. The molecule has 0 aromatic heterocycles. The maximum atomic E-state index is 5.82. The third-order valence-corrected chi connectivity index (χ3v) is 3.12. The molecule has 6 nitrogen and oxygen atoms in total. The van der Waals surface area contributed by atoms with Crippen molar-refractivity contribution in [3.8, 4) is 0 Å². The maximum Gasteiger partial charge on any atom is 0.226 e. The van der Waals surface area contributed by atoms with Crippen LogP contribution < -0.4 is 11.5 Å². The van der Waals surface area contributed by atoms with Crippen molar-refractivity contribution in [2.24, 2.45) is 21.5 Å². The van der Waals surface area contributed by atoms with Crippen molar-refractivity contribution in [2.45, 2.75) is 26.1 Å². The zero-order valence-corrected chi connectivity index (χ0v) is 14.5. The number of nitrogens with two attached hydrogens (primary N) is 2. The van der Waals surface area contributed by atoms with E-state index in [1.807, 2.05) is 38.1 Å². The number of hydroxylamine groups is 2. The van der Waals surface area contributed by atoms with Crippen molar-refractivity contribution in [3.05, 3.63) is 34.3 Å². The number of rotatable bonds is 3. The van der Waals surface area contributed by atoms with Crippen LogP contribution in [0.2, 0.25) is 0 Å². The van der Waals surface area contributed by atoms with Crippen LogP contribution >= 0.6 is 32.9 Å². The number of aliphatic imine (C=N–C) groups is 2. The van der Waals surface area contributed by atoms with E-state index in [-0.39, 0.29) is 28.9 Å². The lowest BCUT2D eigenvalue weighted by molar-refractivity contribution is -0.166. The van der Waals surface area contributed by atoms with Gasteiger partial charge >= 0.3 is 0 Å². The van der Waals surface area contributed by atoms with Crippen LogP contribution in [-0.2, 0) is 11.4 Å². The van der Waals surface area contributed by atoms with E-state index < -0.39 is 5.66 Å². The molecule has 1 aliphatic heterocycles. The highest BCUT2D eigenvalue weighted by Crippen LogP contribution is 2.21. The third kappa shape index (κ3) is 3.94. The number of hydrogen-bond acceptors (Lipinski definition) is 6. The molecule has 0 bridgehead atoms. The predicted molar refractivity (Wildman–Crippen MR) is 88.4 cm³/mol. The van der Waals surface area contributed by atoms with Gasteiger partial charge in [-0.3, -0.25) is 4.84 Å². The van der Waals surface area contributed by atoms with Crippen LogP contribution in [0.3, 0.4) is 0 Å². The molecule has 0 radical (unpaired) electrons. The molecular formula is C12H17Br2N5O. The van der Waals surface area contributed by atoms with Gasteiger partial charge in [0.1, 0.15) is 6.61 Å². The van der Waals surface area contributed by atoms with Gasteiger partial charge < -0.3 is 11.5 Å². The number of guanidine groups is 2. The molecule has 0 saturated heterocycles. The predicted octanol–water partition coefficient (Wildman–Crippen LogP) is 2.14. The van der Waals surface area contributed by atoms with Crippen LogP contribution in [0.4, 0.5) is 0 Å². The van der Waals surface area contributed by atoms with E-state index in [0.717, 1.165) is 10.0 Å². The molecule has 1 aliphatic rings. The Bertz CT molecular complexity index is 527. The number of halogens is 2. The fourth-order valence-corrected chi connectivity index (χ4v) is 2.00. The molecule has 0 fully saturated rings. The quantitative estimate of drug-likeness (QED) is 0.804. The summed E-state index contributed by atoms with van der Waals surface area (Å²) in [5.41, 5.74) is 11.7. The van der Waals surface area contributed by atoms with Crippen LogP contribution in [0.25, 0.3) is 0 Å². The highest BCUT2D eigenvalue weighted by Gasteiger charge is 2.33. The van der Waals surface area contributed by atoms with Gasteiger partial charge in [-0.05, 0) is 31.5 Å². The molecule has 20 heavy (non-hydrogen) atoms. The Morgan fingerprint density at radius 1 is 1.25 bits per heavy atom. The van der Waals surface area contributed by atoms with Crippen molar-refractivity contribution < 1.29 is 4.84 Å². The Balaban J connectivity index is 0.00000200. The largest absolute Gasteiger partial charge is 0.368 e. The molecule has 0 amide bonds. The molecule has 0 unspecified atom stereocenters. The Morgan fingerprint density at radius 2 is 1.85 bits per heavy atom. The molecule has 110 valence electrons. The topological polar surface area (TPSA) is 89.2 Å². The summed E-state index contributed by atoms with van der Waals surface area (Å²) in [4.78, 5) is 13.8. The molecule has 1 heterocycles. The Kier molecular flexibility index (Phi) is 5.55. The van der Waals surface area contributed by atoms with E-state index in [0.29, 0.717) is 6.61 Å². The van der Waals surface area contributed by atoms with E-state index in [2.05, 4.69) is 25.9 Å². The zero-order chi connectivity index (χ0) is 14.0. The average Bonchev–Trinajstić information content (AvgIpc) is 2.29. The van der Waals surface area contributed by atoms with Gasteiger partial charge in [0.25, 0.3) is 0 Å². The average molecular weight is 407 g/mol. The van der Waals surface area contributed by atoms with Gasteiger partial charge in [-0.15, -0.1) is 17.0 Å². The smallest absolute Gasteiger partial charge is 0.226 e. The van der Waals surface area contributed by atoms with E-state index >= 15 is 0 Å². The van der Waals surface area contributed by atoms with Crippen LogP contribution in [-0.4, -0.2) is 22.6 Å². The first-order valence-corrected chi connectivity index (χ1v) is 6.55. The van der Waals surface area contributed by atoms with Crippen molar-refractivity contribution in [2.75, 3.05) is 0 Å². The van der Waals surface area contributed by atoms with Gasteiger partial charge in [0.2, 0.25) is 11.9 Å². The summed E-state index contributed by atoms with van der Waals surface area (Å²) in [7, 11) is 0. The lowest BCUT2D eigenvalue weighted by Gasteiger charge is -2.36. The maximum absolute atomic E-state index is 5.82. The Morgan fingerprint density at radius 3 is 2.40 bits per heavy atom. The van der Waals surface area contributed by atoms with Gasteiger partial charge in [0.05, 0.1) is 0 Å². The fourth-order valence-electron chi connectivity index (χ4n) is 1.74. The van der Waals surface area contributed by atoms with Crippen molar-refractivity contribution in [1.29, 1.82) is 0 Å². The molecule has 1 aromatic rings. The monoisotopic (exact) mass is 405 g/mol. The molecule has 0 saturated carbocycles. The molecular weight excluding hydrogens is 390 g/mol. The van der Waals surface area contributed by atoms with E-state index in [1.165, 1.54) is 5.06 Å². The van der Waals surface area contributed by atoms with Crippen molar-refractivity contribution >= 4 is 44.8 Å². The Labute approximate surface area is 136 Å². The highest BCUT2D eigenvalue weighted by atomic mass is 79.9. The molecule has 8 heteroatoms. The SMILES string of the molecule is Br.CC1(C)N=C(N)N=C(N)N1OCc1ccc(Br)cc1. The molecule has 0 aliphatic carbocycles. The van der Waals surface area contributed by atoms with Crippen molar-refractivity contribution in [3.63, 3.8) is 0 Å². The summed E-state index contributed by atoms with van der Waals surface area (Å²) in [5.74, 6) is 0.362. The van der Waals surface area contributed by atoms with Gasteiger partial charge in [-0.25, -0.2) is 4.99 Å². The van der Waals surface area contributed by atoms with Crippen molar-refractivity contribution in [1.82, 2.24) is 5.06 Å². The molecule has 0 spiro atoms. The van der Waals surface area contributed by atoms with Gasteiger partial charge in [0, 0.05) is 4.47 Å². The first-order valence-electron chi connectivity index (χ1n) is 5.75. The minimum atomic E-state index is -0.675.